The second kappa shape index (κ2) is 9.69. The quantitative estimate of drug-likeness (QED) is 0.411. The van der Waals surface area contributed by atoms with Crippen LogP contribution < -0.4 is 5.32 Å². The predicted octanol–water partition coefficient (Wildman–Crippen LogP) is 4.84. The molecule has 3 rings (SSSR count). The molecule has 0 radical (unpaired) electrons. The second-order valence-corrected chi connectivity index (χ2v) is 8.65. The maximum Gasteiger partial charge on any atom is 0.284 e. The highest BCUT2D eigenvalue weighted by Gasteiger charge is 2.20. The minimum absolute atomic E-state index is 0.0434. The molecule has 150 valence electrons. The SMILES string of the molecule is CN(C)C(CNC(=O)c1ccc(Sc2ccccc2)c([N+](=O)[O-])c1)c1cccs1. The predicted molar refractivity (Wildman–Crippen MR) is 117 cm³/mol. The number of hydrogen-bond acceptors (Lipinski definition) is 6. The summed E-state index contributed by atoms with van der Waals surface area (Å²) < 4.78 is 0. The Kier molecular flexibility index (Phi) is 7.03. The van der Waals surface area contributed by atoms with E-state index in [1.165, 1.54) is 17.8 Å². The van der Waals surface area contributed by atoms with E-state index in [0.29, 0.717) is 11.4 Å². The molecule has 1 N–H and O–H groups in total. The van der Waals surface area contributed by atoms with E-state index in [4.69, 9.17) is 0 Å². The first-order valence-corrected chi connectivity index (χ1v) is 10.6. The molecule has 0 bridgehead atoms. The first-order chi connectivity index (χ1) is 14.0. The van der Waals surface area contributed by atoms with Gasteiger partial charge in [0, 0.05) is 27.9 Å². The molecule has 1 unspecified atom stereocenters. The fourth-order valence-corrected chi connectivity index (χ4v) is 4.66. The molecule has 0 saturated carbocycles. The van der Waals surface area contributed by atoms with Crippen molar-refractivity contribution in [2.75, 3.05) is 20.6 Å². The normalized spacial score (nSPS) is 12.0. The minimum atomic E-state index is -0.448. The molecule has 1 aromatic heterocycles. The number of likely N-dealkylation sites (N-methyl/N-ethyl adjacent to an activating group) is 1. The fourth-order valence-electron chi connectivity index (χ4n) is 2.81. The Labute approximate surface area is 177 Å². The average molecular weight is 428 g/mol. The van der Waals surface area contributed by atoms with Crippen molar-refractivity contribution >= 4 is 34.7 Å². The fraction of sp³-hybridized carbons (Fsp3) is 0.190. The van der Waals surface area contributed by atoms with Gasteiger partial charge < -0.3 is 10.2 Å². The van der Waals surface area contributed by atoms with Crippen LogP contribution in [0.15, 0.2) is 75.8 Å². The van der Waals surface area contributed by atoms with Crippen molar-refractivity contribution in [3.8, 4) is 0 Å². The summed E-state index contributed by atoms with van der Waals surface area (Å²) in [7, 11) is 3.91. The van der Waals surface area contributed by atoms with Gasteiger partial charge in [0.1, 0.15) is 0 Å². The summed E-state index contributed by atoms with van der Waals surface area (Å²) >= 11 is 2.94. The van der Waals surface area contributed by atoms with E-state index in [-0.39, 0.29) is 23.2 Å². The van der Waals surface area contributed by atoms with E-state index >= 15 is 0 Å². The molecule has 0 aliphatic carbocycles. The number of carbonyl (C=O) groups is 1. The molecular formula is C21H21N3O3S2. The topological polar surface area (TPSA) is 75.5 Å². The van der Waals surface area contributed by atoms with Gasteiger partial charge in [-0.05, 0) is 49.8 Å². The lowest BCUT2D eigenvalue weighted by atomic mass is 10.1. The van der Waals surface area contributed by atoms with Gasteiger partial charge in [0.15, 0.2) is 0 Å². The Morgan fingerprint density at radius 2 is 1.93 bits per heavy atom. The van der Waals surface area contributed by atoms with Crippen molar-refractivity contribution in [2.24, 2.45) is 0 Å². The van der Waals surface area contributed by atoms with Gasteiger partial charge in [0.2, 0.25) is 0 Å². The Bertz CT molecular complexity index is 976. The van der Waals surface area contributed by atoms with E-state index in [9.17, 15) is 14.9 Å². The molecule has 1 amide bonds. The lowest BCUT2D eigenvalue weighted by molar-refractivity contribution is -0.387. The van der Waals surface area contributed by atoms with Crippen LogP contribution in [0.5, 0.6) is 0 Å². The standard InChI is InChI=1S/C21H21N3O3S2/c1-23(2)18(19-9-6-12-28-19)14-22-21(25)15-10-11-20(17(13-15)24(26)27)29-16-7-4-3-5-8-16/h3-13,18H,14H2,1-2H3,(H,22,25). The van der Waals surface area contributed by atoms with Crippen LogP contribution in [0.2, 0.25) is 0 Å². The summed E-state index contributed by atoms with van der Waals surface area (Å²) in [4.78, 5) is 28.3. The summed E-state index contributed by atoms with van der Waals surface area (Å²) in [5.74, 6) is -0.326. The number of nitrogens with one attached hydrogen (secondary N) is 1. The molecule has 0 aliphatic rings. The van der Waals surface area contributed by atoms with Crippen LogP contribution in [0.4, 0.5) is 5.69 Å². The minimum Gasteiger partial charge on any atom is -0.350 e. The molecule has 3 aromatic rings. The molecular weight excluding hydrogens is 406 g/mol. The second-order valence-electron chi connectivity index (χ2n) is 6.56. The van der Waals surface area contributed by atoms with E-state index < -0.39 is 4.92 Å². The largest absolute Gasteiger partial charge is 0.350 e. The molecule has 6 nitrogen and oxygen atoms in total. The highest BCUT2D eigenvalue weighted by atomic mass is 32.2. The van der Waals surface area contributed by atoms with Gasteiger partial charge in [-0.3, -0.25) is 14.9 Å². The molecule has 1 atom stereocenters. The molecule has 1 heterocycles. The third-order valence-electron chi connectivity index (χ3n) is 4.34. The van der Waals surface area contributed by atoms with E-state index in [2.05, 4.69) is 5.32 Å². The zero-order valence-electron chi connectivity index (χ0n) is 16.1. The summed E-state index contributed by atoms with van der Waals surface area (Å²) in [6, 6.07) is 18.1. The highest BCUT2D eigenvalue weighted by Crippen LogP contribution is 2.35. The van der Waals surface area contributed by atoms with Crippen LogP contribution in [-0.2, 0) is 0 Å². The highest BCUT2D eigenvalue weighted by molar-refractivity contribution is 7.99. The van der Waals surface area contributed by atoms with Crippen LogP contribution in [-0.4, -0.2) is 36.4 Å². The van der Waals surface area contributed by atoms with Crippen LogP contribution in [0.25, 0.3) is 0 Å². The van der Waals surface area contributed by atoms with Crippen LogP contribution in [0, 0.1) is 10.1 Å². The van der Waals surface area contributed by atoms with Gasteiger partial charge in [-0.15, -0.1) is 11.3 Å². The van der Waals surface area contributed by atoms with Crippen LogP contribution in [0.3, 0.4) is 0 Å². The zero-order valence-corrected chi connectivity index (χ0v) is 17.7. The monoisotopic (exact) mass is 427 g/mol. The van der Waals surface area contributed by atoms with Gasteiger partial charge in [-0.1, -0.05) is 36.0 Å². The number of thiophene rings is 1. The number of amides is 1. The van der Waals surface area contributed by atoms with Gasteiger partial charge >= 0.3 is 0 Å². The summed E-state index contributed by atoms with van der Waals surface area (Å²) in [5.41, 5.74) is 0.201. The van der Waals surface area contributed by atoms with Crippen molar-refractivity contribution in [3.63, 3.8) is 0 Å². The number of nitro groups is 1. The van der Waals surface area contributed by atoms with Crippen molar-refractivity contribution in [2.45, 2.75) is 15.8 Å². The Morgan fingerprint density at radius 3 is 2.55 bits per heavy atom. The summed E-state index contributed by atoms with van der Waals surface area (Å²) in [6.07, 6.45) is 0. The number of nitro benzene ring substituents is 1. The number of benzene rings is 2. The third-order valence-corrected chi connectivity index (χ3v) is 6.39. The average Bonchev–Trinajstić information content (AvgIpc) is 3.23. The van der Waals surface area contributed by atoms with Crippen LogP contribution in [0.1, 0.15) is 21.3 Å². The molecule has 0 spiro atoms. The molecule has 29 heavy (non-hydrogen) atoms. The third kappa shape index (κ3) is 5.44. The van der Waals surface area contributed by atoms with Crippen molar-refractivity contribution in [1.82, 2.24) is 10.2 Å². The van der Waals surface area contributed by atoms with Crippen molar-refractivity contribution in [3.05, 3.63) is 86.6 Å². The lowest BCUT2D eigenvalue weighted by Gasteiger charge is -2.23. The number of nitrogens with zero attached hydrogens (tertiary/aromatic N) is 2. The number of carbonyl (C=O) groups excluding carboxylic acids is 1. The summed E-state index contributed by atoms with van der Waals surface area (Å²) in [5, 5.41) is 16.5. The van der Waals surface area contributed by atoms with Crippen molar-refractivity contribution < 1.29 is 9.72 Å². The Hall–Kier alpha value is -2.68. The van der Waals surface area contributed by atoms with E-state index in [1.807, 2.05) is 66.8 Å². The Morgan fingerprint density at radius 1 is 1.17 bits per heavy atom. The lowest BCUT2D eigenvalue weighted by Crippen LogP contribution is -2.34. The first kappa shape index (κ1) is 21.0. The van der Waals surface area contributed by atoms with Gasteiger partial charge in [-0.25, -0.2) is 0 Å². The number of rotatable bonds is 8. The van der Waals surface area contributed by atoms with Crippen LogP contribution >= 0.6 is 23.1 Å². The van der Waals surface area contributed by atoms with E-state index in [0.717, 1.165) is 9.77 Å². The number of hydrogen-bond donors (Lipinski definition) is 1. The molecule has 2 aromatic carbocycles. The zero-order chi connectivity index (χ0) is 20.8. The smallest absolute Gasteiger partial charge is 0.284 e. The first-order valence-electron chi connectivity index (χ1n) is 8.95. The maximum atomic E-state index is 12.6. The molecule has 0 aliphatic heterocycles. The van der Waals surface area contributed by atoms with Gasteiger partial charge in [0.25, 0.3) is 11.6 Å². The molecule has 0 saturated heterocycles. The Balaban J connectivity index is 1.75. The molecule has 8 heteroatoms. The van der Waals surface area contributed by atoms with Crippen molar-refractivity contribution in [1.29, 1.82) is 0 Å². The molecule has 0 fully saturated rings. The van der Waals surface area contributed by atoms with Gasteiger partial charge in [0.05, 0.1) is 15.9 Å². The van der Waals surface area contributed by atoms with Gasteiger partial charge in [-0.2, -0.15) is 0 Å². The summed E-state index contributed by atoms with van der Waals surface area (Å²) in [6.45, 7) is 0.417. The van der Waals surface area contributed by atoms with E-state index in [1.54, 1.807) is 23.5 Å². The maximum absolute atomic E-state index is 12.6.